The van der Waals surface area contributed by atoms with Gasteiger partial charge in [-0.1, -0.05) is 17.7 Å². The second-order valence-electron chi connectivity index (χ2n) is 4.79. The van der Waals surface area contributed by atoms with E-state index in [0.717, 1.165) is 6.07 Å². The Bertz CT molecular complexity index is 486. The van der Waals surface area contributed by atoms with Crippen molar-refractivity contribution < 1.29 is 22.0 Å². The number of rotatable bonds is 3. The second-order valence-corrected chi connectivity index (χ2v) is 5.23. The summed E-state index contributed by atoms with van der Waals surface area (Å²) in [4.78, 5) is 1.37. The van der Waals surface area contributed by atoms with Crippen LogP contribution < -0.4 is 5.32 Å². The van der Waals surface area contributed by atoms with Gasteiger partial charge in [-0.2, -0.15) is 13.2 Å². The van der Waals surface area contributed by atoms with Gasteiger partial charge in [-0.25, -0.2) is 8.78 Å². The van der Waals surface area contributed by atoms with Gasteiger partial charge in [-0.3, -0.25) is 4.90 Å². The summed E-state index contributed by atoms with van der Waals surface area (Å²) in [6.07, 6.45) is -7.63. The molecule has 0 aromatic heterocycles. The first-order valence-corrected chi connectivity index (χ1v) is 6.78. The zero-order valence-corrected chi connectivity index (χ0v) is 11.7. The topological polar surface area (TPSA) is 15.3 Å². The second kappa shape index (κ2) is 6.46. The molecule has 1 aliphatic rings. The highest BCUT2D eigenvalue weighted by molar-refractivity contribution is 6.30. The van der Waals surface area contributed by atoms with E-state index >= 15 is 0 Å². The Morgan fingerprint density at radius 2 is 1.76 bits per heavy atom. The number of piperazine rings is 1. The normalized spacial score (nSPS) is 19.0. The molecule has 2 rings (SSSR count). The van der Waals surface area contributed by atoms with Gasteiger partial charge >= 0.3 is 6.18 Å². The molecule has 0 saturated carbocycles. The summed E-state index contributed by atoms with van der Waals surface area (Å²) in [5.74, 6) is 0. The summed E-state index contributed by atoms with van der Waals surface area (Å²) < 4.78 is 66.0. The number of alkyl halides is 5. The maximum Gasteiger partial charge on any atom is 0.416 e. The van der Waals surface area contributed by atoms with Gasteiger partial charge in [-0.05, 0) is 17.7 Å². The molecule has 21 heavy (non-hydrogen) atoms. The molecule has 0 radical (unpaired) electrons. The van der Waals surface area contributed by atoms with E-state index in [-0.39, 0.29) is 18.1 Å². The van der Waals surface area contributed by atoms with Gasteiger partial charge in [0.05, 0.1) is 11.6 Å². The quantitative estimate of drug-likeness (QED) is 0.853. The van der Waals surface area contributed by atoms with E-state index in [1.807, 2.05) is 0 Å². The van der Waals surface area contributed by atoms with Crippen molar-refractivity contribution in [3.63, 3.8) is 0 Å². The van der Waals surface area contributed by atoms with Gasteiger partial charge in [0, 0.05) is 31.2 Å². The van der Waals surface area contributed by atoms with Crippen molar-refractivity contribution >= 4 is 11.6 Å². The largest absolute Gasteiger partial charge is 0.416 e. The summed E-state index contributed by atoms with van der Waals surface area (Å²) in [7, 11) is 0. The maximum atomic E-state index is 13.4. The van der Waals surface area contributed by atoms with Gasteiger partial charge < -0.3 is 5.32 Å². The Balaban J connectivity index is 2.44. The van der Waals surface area contributed by atoms with Gasteiger partial charge in [-0.15, -0.1) is 0 Å². The van der Waals surface area contributed by atoms with E-state index in [2.05, 4.69) is 5.32 Å². The fourth-order valence-corrected chi connectivity index (χ4v) is 2.66. The zero-order chi connectivity index (χ0) is 15.6. The fourth-order valence-electron chi connectivity index (χ4n) is 2.48. The summed E-state index contributed by atoms with van der Waals surface area (Å²) in [5.41, 5.74) is -1.53. The fraction of sp³-hybridized carbons (Fsp3) is 0.538. The van der Waals surface area contributed by atoms with Crippen LogP contribution >= 0.6 is 11.6 Å². The summed E-state index contributed by atoms with van der Waals surface area (Å²) >= 11 is 5.58. The molecule has 0 amide bonds. The molecular formula is C13H14ClF5N2. The Labute approximate surface area is 123 Å². The standard InChI is InChI=1S/C13H14ClF5N2/c14-8-1-2-9(10(7-8)13(17,18)19)11(12(15)16)21-5-3-20-4-6-21/h1-2,7,11-12,20H,3-6H2/t11-/m0/s1. The lowest BCUT2D eigenvalue weighted by molar-refractivity contribution is -0.139. The van der Waals surface area contributed by atoms with Crippen LogP contribution in [0.5, 0.6) is 0 Å². The zero-order valence-electron chi connectivity index (χ0n) is 10.9. The molecule has 1 aromatic rings. The summed E-state index contributed by atoms with van der Waals surface area (Å²) in [6, 6.07) is 1.38. The lowest BCUT2D eigenvalue weighted by atomic mass is 9.98. The van der Waals surface area contributed by atoms with Gasteiger partial charge in [0.2, 0.25) is 0 Å². The van der Waals surface area contributed by atoms with Crippen molar-refractivity contribution in [1.82, 2.24) is 10.2 Å². The molecule has 0 unspecified atom stereocenters. The van der Waals surface area contributed by atoms with Crippen molar-refractivity contribution in [2.75, 3.05) is 26.2 Å². The Morgan fingerprint density at radius 3 is 2.29 bits per heavy atom. The molecular weight excluding hydrogens is 315 g/mol. The molecule has 1 heterocycles. The van der Waals surface area contributed by atoms with Gasteiger partial charge in [0.15, 0.2) is 0 Å². The highest BCUT2D eigenvalue weighted by Crippen LogP contribution is 2.39. The van der Waals surface area contributed by atoms with Crippen molar-refractivity contribution in [3.05, 3.63) is 34.3 Å². The lowest BCUT2D eigenvalue weighted by Crippen LogP contribution is -2.47. The summed E-state index contributed by atoms with van der Waals surface area (Å²) in [6.45, 7) is 1.49. The third kappa shape index (κ3) is 3.84. The smallest absolute Gasteiger partial charge is 0.314 e. The molecule has 0 bridgehead atoms. The molecule has 118 valence electrons. The van der Waals surface area contributed by atoms with E-state index in [0.29, 0.717) is 19.2 Å². The highest BCUT2D eigenvalue weighted by atomic mass is 35.5. The molecule has 1 N–H and O–H groups in total. The SMILES string of the molecule is FC(F)[C@H](c1ccc(Cl)cc1C(F)(F)F)N1CCNCC1. The van der Waals surface area contributed by atoms with Gasteiger partial charge in [0.25, 0.3) is 6.43 Å². The minimum atomic E-state index is -4.72. The monoisotopic (exact) mass is 328 g/mol. The van der Waals surface area contributed by atoms with Crippen LogP contribution in [0, 0.1) is 0 Å². The molecule has 8 heteroatoms. The summed E-state index contributed by atoms with van der Waals surface area (Å²) in [5, 5.41) is 2.86. The van der Waals surface area contributed by atoms with E-state index in [4.69, 9.17) is 11.6 Å². The molecule has 1 fully saturated rings. The first-order valence-electron chi connectivity index (χ1n) is 6.40. The lowest BCUT2D eigenvalue weighted by Gasteiger charge is -2.35. The minimum Gasteiger partial charge on any atom is -0.314 e. The third-order valence-electron chi connectivity index (χ3n) is 3.42. The molecule has 1 atom stereocenters. The number of nitrogens with one attached hydrogen (secondary N) is 1. The van der Waals surface area contributed by atoms with Crippen LogP contribution in [0.15, 0.2) is 18.2 Å². The van der Waals surface area contributed by atoms with Crippen LogP contribution in [0.3, 0.4) is 0 Å². The number of benzene rings is 1. The molecule has 1 aromatic carbocycles. The highest BCUT2D eigenvalue weighted by Gasteiger charge is 2.40. The average molecular weight is 329 g/mol. The van der Waals surface area contributed by atoms with Crippen LogP contribution in [-0.4, -0.2) is 37.5 Å². The van der Waals surface area contributed by atoms with Crippen LogP contribution in [-0.2, 0) is 6.18 Å². The van der Waals surface area contributed by atoms with Crippen molar-refractivity contribution in [2.24, 2.45) is 0 Å². The Kier molecular flexibility index (Phi) is 5.06. The van der Waals surface area contributed by atoms with E-state index in [1.165, 1.54) is 11.0 Å². The molecule has 2 nitrogen and oxygen atoms in total. The Hall–Kier alpha value is -0.920. The predicted octanol–water partition coefficient (Wildman–Crippen LogP) is 3.57. The first-order chi connectivity index (χ1) is 9.80. The number of halogens is 6. The number of nitrogens with zero attached hydrogens (tertiary/aromatic N) is 1. The average Bonchev–Trinajstić information content (AvgIpc) is 2.40. The number of hydrogen-bond acceptors (Lipinski definition) is 2. The van der Waals surface area contributed by atoms with E-state index < -0.39 is 29.8 Å². The molecule has 0 aliphatic carbocycles. The van der Waals surface area contributed by atoms with Crippen LogP contribution in [0.1, 0.15) is 17.2 Å². The van der Waals surface area contributed by atoms with Crippen LogP contribution in [0.4, 0.5) is 22.0 Å². The maximum absolute atomic E-state index is 13.4. The Morgan fingerprint density at radius 1 is 1.14 bits per heavy atom. The van der Waals surface area contributed by atoms with Crippen molar-refractivity contribution in [3.8, 4) is 0 Å². The first kappa shape index (κ1) is 16.5. The predicted molar refractivity (Wildman–Crippen MR) is 69.6 cm³/mol. The molecule has 0 spiro atoms. The van der Waals surface area contributed by atoms with Crippen molar-refractivity contribution in [1.29, 1.82) is 0 Å². The van der Waals surface area contributed by atoms with E-state index in [9.17, 15) is 22.0 Å². The minimum absolute atomic E-state index is 0.126. The number of hydrogen-bond donors (Lipinski definition) is 1. The van der Waals surface area contributed by atoms with Gasteiger partial charge in [0.1, 0.15) is 0 Å². The van der Waals surface area contributed by atoms with Crippen LogP contribution in [0.25, 0.3) is 0 Å². The van der Waals surface area contributed by atoms with Crippen molar-refractivity contribution in [2.45, 2.75) is 18.6 Å². The van der Waals surface area contributed by atoms with Crippen LogP contribution in [0.2, 0.25) is 5.02 Å². The third-order valence-corrected chi connectivity index (χ3v) is 3.66. The van der Waals surface area contributed by atoms with E-state index in [1.54, 1.807) is 0 Å². The molecule has 1 aliphatic heterocycles. The molecule has 1 saturated heterocycles.